The minimum Gasteiger partial charge on any atom is -0.496 e. The second-order valence-electron chi connectivity index (χ2n) is 6.86. The molecule has 0 saturated carbocycles. The third-order valence-electron chi connectivity index (χ3n) is 4.16. The summed E-state index contributed by atoms with van der Waals surface area (Å²) < 4.78 is 16.6. The van der Waals surface area contributed by atoms with Crippen LogP contribution in [0.15, 0.2) is 34.7 Å². The number of aromatic nitrogens is 1. The van der Waals surface area contributed by atoms with Crippen LogP contribution in [0.25, 0.3) is 22.6 Å². The number of rotatable bonds is 4. The number of hydrogen-bond acceptors (Lipinski definition) is 5. The molecule has 0 amide bonds. The Morgan fingerprint density at radius 3 is 2.36 bits per heavy atom. The fourth-order valence-electron chi connectivity index (χ4n) is 2.69. The number of oxazole rings is 1. The number of ether oxygens (including phenoxy) is 2. The maximum atomic E-state index is 11.2. The lowest BCUT2D eigenvalue weighted by Crippen LogP contribution is -2.10. The van der Waals surface area contributed by atoms with Crippen molar-refractivity contribution in [3.63, 3.8) is 0 Å². The molecule has 5 heteroatoms. The van der Waals surface area contributed by atoms with Gasteiger partial charge in [0.2, 0.25) is 5.89 Å². The number of benzene rings is 2. The Labute approximate surface area is 146 Å². The van der Waals surface area contributed by atoms with Crippen LogP contribution >= 0.6 is 0 Å². The van der Waals surface area contributed by atoms with E-state index in [-0.39, 0.29) is 5.41 Å². The zero-order valence-corrected chi connectivity index (χ0v) is 15.0. The summed E-state index contributed by atoms with van der Waals surface area (Å²) in [6.07, 6.45) is 0.729. The predicted molar refractivity (Wildman–Crippen MR) is 96.6 cm³/mol. The van der Waals surface area contributed by atoms with E-state index in [2.05, 4.69) is 25.8 Å². The Hall–Kier alpha value is -2.82. The molecule has 1 heterocycles. The highest BCUT2D eigenvalue weighted by Crippen LogP contribution is 2.37. The van der Waals surface area contributed by atoms with E-state index in [1.807, 2.05) is 18.2 Å². The Bertz CT molecular complexity index is 935. The molecular formula is C20H21NO4. The summed E-state index contributed by atoms with van der Waals surface area (Å²) in [5.41, 5.74) is 3.74. The minimum atomic E-state index is 0.0276. The van der Waals surface area contributed by atoms with Gasteiger partial charge in [0.25, 0.3) is 0 Å². The van der Waals surface area contributed by atoms with Crippen LogP contribution in [-0.2, 0) is 5.41 Å². The van der Waals surface area contributed by atoms with Crippen molar-refractivity contribution in [1.82, 2.24) is 4.98 Å². The van der Waals surface area contributed by atoms with Gasteiger partial charge >= 0.3 is 0 Å². The molecule has 130 valence electrons. The maximum absolute atomic E-state index is 11.2. The average Bonchev–Trinajstić information content (AvgIpc) is 3.02. The highest BCUT2D eigenvalue weighted by molar-refractivity contribution is 5.85. The van der Waals surface area contributed by atoms with Gasteiger partial charge in [0.15, 0.2) is 11.9 Å². The summed E-state index contributed by atoms with van der Waals surface area (Å²) in [6, 6.07) is 9.33. The highest BCUT2D eigenvalue weighted by Gasteiger charge is 2.19. The fraction of sp³-hybridized carbons (Fsp3) is 0.300. The van der Waals surface area contributed by atoms with Crippen molar-refractivity contribution in [3.05, 3.63) is 41.5 Å². The van der Waals surface area contributed by atoms with E-state index >= 15 is 0 Å². The second-order valence-corrected chi connectivity index (χ2v) is 6.86. The molecule has 0 fully saturated rings. The summed E-state index contributed by atoms with van der Waals surface area (Å²) in [6.45, 7) is 6.46. The monoisotopic (exact) mass is 339 g/mol. The maximum Gasteiger partial charge on any atom is 0.231 e. The van der Waals surface area contributed by atoms with E-state index in [0.717, 1.165) is 11.8 Å². The van der Waals surface area contributed by atoms with Gasteiger partial charge in [-0.05, 0) is 35.2 Å². The Balaban J connectivity index is 2.17. The molecule has 3 aromatic rings. The number of nitrogens with zero attached hydrogens (tertiary/aromatic N) is 1. The lowest BCUT2D eigenvalue weighted by molar-refractivity contribution is 0.112. The van der Waals surface area contributed by atoms with E-state index < -0.39 is 0 Å². The van der Waals surface area contributed by atoms with Crippen LogP contribution in [0.4, 0.5) is 0 Å². The van der Waals surface area contributed by atoms with Gasteiger partial charge in [0, 0.05) is 0 Å². The summed E-state index contributed by atoms with van der Waals surface area (Å²) in [7, 11) is 3.06. The first kappa shape index (κ1) is 17.0. The molecule has 0 bridgehead atoms. The molecule has 1 aromatic heterocycles. The lowest BCUT2D eigenvalue weighted by Gasteiger charge is -2.18. The van der Waals surface area contributed by atoms with Crippen molar-refractivity contribution in [3.8, 4) is 23.0 Å². The summed E-state index contributed by atoms with van der Waals surface area (Å²) in [5, 5.41) is 0. The highest BCUT2D eigenvalue weighted by atomic mass is 16.5. The zero-order valence-electron chi connectivity index (χ0n) is 15.0. The Morgan fingerprint density at radius 2 is 1.76 bits per heavy atom. The van der Waals surface area contributed by atoms with Gasteiger partial charge in [-0.25, -0.2) is 4.98 Å². The summed E-state index contributed by atoms with van der Waals surface area (Å²) >= 11 is 0. The van der Waals surface area contributed by atoms with Gasteiger partial charge in [-0.2, -0.15) is 0 Å². The van der Waals surface area contributed by atoms with Crippen LogP contribution in [0.5, 0.6) is 11.5 Å². The first-order valence-corrected chi connectivity index (χ1v) is 8.00. The molecule has 3 rings (SSSR count). The molecule has 0 spiro atoms. The van der Waals surface area contributed by atoms with Gasteiger partial charge in [-0.15, -0.1) is 0 Å². The molecular weight excluding hydrogens is 318 g/mol. The van der Waals surface area contributed by atoms with Crippen molar-refractivity contribution in [1.29, 1.82) is 0 Å². The van der Waals surface area contributed by atoms with Crippen molar-refractivity contribution in [2.45, 2.75) is 26.2 Å². The van der Waals surface area contributed by atoms with Crippen molar-refractivity contribution in [2.24, 2.45) is 0 Å². The van der Waals surface area contributed by atoms with Crippen LogP contribution in [-0.4, -0.2) is 25.5 Å². The first-order chi connectivity index (χ1) is 11.9. The molecule has 5 nitrogen and oxygen atoms in total. The van der Waals surface area contributed by atoms with Crippen LogP contribution in [0.1, 0.15) is 36.7 Å². The second kappa shape index (κ2) is 6.24. The molecule has 0 saturated heterocycles. The van der Waals surface area contributed by atoms with Crippen molar-refractivity contribution >= 4 is 17.4 Å². The molecule has 0 aliphatic carbocycles. The molecule has 0 N–H and O–H groups in total. The van der Waals surface area contributed by atoms with E-state index in [0.29, 0.717) is 34.1 Å². The van der Waals surface area contributed by atoms with E-state index in [4.69, 9.17) is 13.9 Å². The number of aldehydes is 1. The van der Waals surface area contributed by atoms with Crippen LogP contribution in [0.3, 0.4) is 0 Å². The topological polar surface area (TPSA) is 61.6 Å². The average molecular weight is 339 g/mol. The number of methoxy groups -OCH3 is 2. The Morgan fingerprint density at radius 1 is 1.04 bits per heavy atom. The molecule has 0 aliphatic heterocycles. The number of carbonyl (C=O) groups excluding carboxylic acids is 1. The molecule has 0 radical (unpaired) electrons. The first-order valence-electron chi connectivity index (χ1n) is 8.00. The van der Waals surface area contributed by atoms with Gasteiger partial charge in [-0.3, -0.25) is 4.79 Å². The van der Waals surface area contributed by atoms with Crippen molar-refractivity contribution < 1.29 is 18.7 Å². The number of hydrogen-bond donors (Lipinski definition) is 0. The Kier molecular flexibility index (Phi) is 4.25. The lowest BCUT2D eigenvalue weighted by atomic mass is 9.87. The fourth-order valence-corrected chi connectivity index (χ4v) is 2.69. The van der Waals surface area contributed by atoms with Crippen LogP contribution in [0.2, 0.25) is 0 Å². The number of carbonyl (C=O) groups is 1. The van der Waals surface area contributed by atoms with Crippen LogP contribution in [0, 0.1) is 0 Å². The largest absolute Gasteiger partial charge is 0.496 e. The number of fused-ring (bicyclic) bond motifs is 1. The standard InChI is InChI=1S/C20H21NO4/c1-20(2,3)13-6-7-16-15(9-13)21-19(25-16)14-10-17(23-4)12(11-22)8-18(14)24-5/h6-11H,1-5H3. The quantitative estimate of drug-likeness (QED) is 0.649. The predicted octanol–water partition coefficient (Wildman–Crippen LogP) is 4.62. The van der Waals surface area contributed by atoms with Gasteiger partial charge in [0.1, 0.15) is 17.0 Å². The van der Waals surface area contributed by atoms with Crippen LogP contribution < -0.4 is 9.47 Å². The van der Waals surface area contributed by atoms with E-state index in [1.54, 1.807) is 19.2 Å². The molecule has 25 heavy (non-hydrogen) atoms. The molecule has 0 unspecified atom stereocenters. The van der Waals surface area contributed by atoms with Gasteiger partial charge < -0.3 is 13.9 Å². The zero-order chi connectivity index (χ0) is 18.2. The minimum absolute atomic E-state index is 0.0276. The van der Waals surface area contributed by atoms with Gasteiger partial charge in [-0.1, -0.05) is 26.8 Å². The van der Waals surface area contributed by atoms with Crippen molar-refractivity contribution in [2.75, 3.05) is 14.2 Å². The third-order valence-corrected chi connectivity index (χ3v) is 4.16. The summed E-state index contributed by atoms with van der Waals surface area (Å²) in [4.78, 5) is 15.8. The van der Waals surface area contributed by atoms with E-state index in [1.165, 1.54) is 12.7 Å². The summed E-state index contributed by atoms with van der Waals surface area (Å²) in [5.74, 6) is 1.38. The molecule has 2 aromatic carbocycles. The molecule has 0 atom stereocenters. The van der Waals surface area contributed by atoms with E-state index in [9.17, 15) is 4.79 Å². The smallest absolute Gasteiger partial charge is 0.231 e. The third kappa shape index (κ3) is 3.09. The molecule has 0 aliphatic rings. The van der Waals surface area contributed by atoms with Gasteiger partial charge in [0.05, 0.1) is 25.3 Å². The SMILES string of the molecule is COc1cc(-c2nc3cc(C(C)(C)C)ccc3o2)c(OC)cc1C=O. The normalized spacial score (nSPS) is 11.6.